The summed E-state index contributed by atoms with van der Waals surface area (Å²) in [6.45, 7) is 1.47. The number of imidazole rings is 1. The second kappa shape index (κ2) is 6.95. The lowest BCUT2D eigenvalue weighted by Crippen LogP contribution is -2.23. The standard InChI is InChI=1S/C16H15BrN4O3S/c1-11(22)19-13-3-5-15(6-4-13)25(23,24)18-8-14-10-21-9-12(17)2-7-16(21)20-14/h2-7,9-10,18H,8H2,1H3,(H,19,22). The molecule has 25 heavy (non-hydrogen) atoms. The summed E-state index contributed by atoms with van der Waals surface area (Å²) in [5.41, 5.74) is 1.88. The molecule has 2 heterocycles. The van der Waals surface area contributed by atoms with Gasteiger partial charge in [-0.25, -0.2) is 18.1 Å². The third-order valence-electron chi connectivity index (χ3n) is 3.39. The van der Waals surface area contributed by atoms with Gasteiger partial charge in [0.2, 0.25) is 15.9 Å². The molecular weight excluding hydrogens is 408 g/mol. The molecular formula is C16H15BrN4O3S. The number of nitrogens with zero attached hydrogens (tertiary/aromatic N) is 2. The molecule has 9 heteroatoms. The lowest BCUT2D eigenvalue weighted by atomic mass is 10.3. The Hall–Kier alpha value is -2.23. The van der Waals surface area contributed by atoms with E-state index in [1.165, 1.54) is 19.1 Å². The van der Waals surface area contributed by atoms with Gasteiger partial charge in [-0.2, -0.15) is 0 Å². The van der Waals surface area contributed by atoms with Crippen molar-refractivity contribution in [3.05, 3.63) is 59.0 Å². The zero-order valence-corrected chi connectivity index (χ0v) is 15.6. The van der Waals surface area contributed by atoms with Crippen molar-refractivity contribution in [2.45, 2.75) is 18.4 Å². The average molecular weight is 423 g/mol. The normalized spacial score (nSPS) is 11.6. The monoisotopic (exact) mass is 422 g/mol. The minimum absolute atomic E-state index is 0.0785. The summed E-state index contributed by atoms with van der Waals surface area (Å²) in [6.07, 6.45) is 3.61. The van der Waals surface area contributed by atoms with E-state index < -0.39 is 10.0 Å². The van der Waals surface area contributed by atoms with Gasteiger partial charge in [-0.15, -0.1) is 0 Å². The highest BCUT2D eigenvalue weighted by Gasteiger charge is 2.14. The third-order valence-corrected chi connectivity index (χ3v) is 5.28. The lowest BCUT2D eigenvalue weighted by molar-refractivity contribution is -0.114. The van der Waals surface area contributed by atoms with Crippen LogP contribution in [0.15, 0.2) is 58.2 Å². The lowest BCUT2D eigenvalue weighted by Gasteiger charge is -2.07. The molecule has 2 aromatic heterocycles. The maximum Gasteiger partial charge on any atom is 0.240 e. The van der Waals surface area contributed by atoms with E-state index in [1.54, 1.807) is 18.3 Å². The van der Waals surface area contributed by atoms with Crippen molar-refractivity contribution < 1.29 is 13.2 Å². The fourth-order valence-corrected chi connectivity index (χ4v) is 3.63. The summed E-state index contributed by atoms with van der Waals surface area (Å²) in [5.74, 6) is -0.216. The molecule has 0 radical (unpaired) electrons. The first-order valence-corrected chi connectivity index (χ1v) is 9.61. The van der Waals surface area contributed by atoms with Crippen LogP contribution in [0.25, 0.3) is 5.65 Å². The molecule has 7 nitrogen and oxygen atoms in total. The van der Waals surface area contributed by atoms with E-state index in [2.05, 4.69) is 31.0 Å². The highest BCUT2D eigenvalue weighted by atomic mass is 79.9. The number of carbonyl (C=O) groups is 1. The minimum Gasteiger partial charge on any atom is -0.326 e. The molecule has 3 aromatic rings. The number of carbonyl (C=O) groups excluding carboxylic acids is 1. The quantitative estimate of drug-likeness (QED) is 0.660. The summed E-state index contributed by atoms with van der Waals surface area (Å²) in [5, 5.41) is 2.59. The number of anilines is 1. The molecule has 130 valence electrons. The summed E-state index contributed by atoms with van der Waals surface area (Å²) >= 11 is 3.38. The van der Waals surface area contributed by atoms with Crippen LogP contribution >= 0.6 is 15.9 Å². The summed E-state index contributed by atoms with van der Waals surface area (Å²) in [7, 11) is -3.67. The van der Waals surface area contributed by atoms with E-state index in [0.29, 0.717) is 11.4 Å². The number of fused-ring (bicyclic) bond motifs is 1. The Labute approximate surface area is 153 Å². The SMILES string of the molecule is CC(=O)Nc1ccc(S(=O)(=O)NCc2cn3cc(Br)ccc3n2)cc1. The van der Waals surface area contributed by atoms with Crippen LogP contribution in [0.2, 0.25) is 0 Å². The predicted octanol–water partition coefficient (Wildman–Crippen LogP) is 2.53. The van der Waals surface area contributed by atoms with Crippen LogP contribution in [-0.2, 0) is 21.4 Å². The van der Waals surface area contributed by atoms with Crippen LogP contribution in [0.5, 0.6) is 0 Å². The Morgan fingerprint density at radius 2 is 1.88 bits per heavy atom. The van der Waals surface area contributed by atoms with Crippen LogP contribution in [0.4, 0.5) is 5.69 Å². The Balaban J connectivity index is 1.73. The molecule has 0 atom stereocenters. The summed E-state index contributed by atoms with van der Waals surface area (Å²) in [6, 6.07) is 9.66. The third kappa shape index (κ3) is 4.25. The number of benzene rings is 1. The Bertz CT molecular complexity index is 1030. The maximum absolute atomic E-state index is 12.4. The number of hydrogen-bond donors (Lipinski definition) is 2. The topological polar surface area (TPSA) is 92.6 Å². The van der Waals surface area contributed by atoms with Crippen molar-refractivity contribution in [1.29, 1.82) is 0 Å². The number of pyridine rings is 1. The molecule has 0 unspecified atom stereocenters. The molecule has 0 aliphatic rings. The highest BCUT2D eigenvalue weighted by molar-refractivity contribution is 9.10. The Morgan fingerprint density at radius 3 is 2.56 bits per heavy atom. The van der Waals surface area contributed by atoms with E-state index in [0.717, 1.165) is 10.1 Å². The molecule has 0 aliphatic heterocycles. The van der Waals surface area contributed by atoms with Crippen molar-refractivity contribution in [3.8, 4) is 0 Å². The smallest absolute Gasteiger partial charge is 0.240 e. The van der Waals surface area contributed by atoms with Gasteiger partial charge < -0.3 is 9.72 Å². The molecule has 1 amide bonds. The van der Waals surface area contributed by atoms with E-state index in [1.807, 2.05) is 22.7 Å². The van der Waals surface area contributed by atoms with Crippen LogP contribution in [0.3, 0.4) is 0 Å². The number of rotatable bonds is 5. The number of amides is 1. The Kier molecular flexibility index (Phi) is 4.89. The van der Waals surface area contributed by atoms with E-state index >= 15 is 0 Å². The number of hydrogen-bond acceptors (Lipinski definition) is 4. The van der Waals surface area contributed by atoms with Crippen molar-refractivity contribution in [3.63, 3.8) is 0 Å². The fourth-order valence-electron chi connectivity index (χ4n) is 2.28. The van der Waals surface area contributed by atoms with Crippen LogP contribution in [0.1, 0.15) is 12.6 Å². The second-order valence-electron chi connectivity index (χ2n) is 5.38. The van der Waals surface area contributed by atoms with Crippen molar-refractivity contribution >= 4 is 43.2 Å². The van der Waals surface area contributed by atoms with E-state index in [4.69, 9.17) is 0 Å². The molecule has 0 spiro atoms. The van der Waals surface area contributed by atoms with Gasteiger partial charge in [0.15, 0.2) is 0 Å². The molecule has 2 N–H and O–H groups in total. The molecule has 1 aromatic carbocycles. The van der Waals surface area contributed by atoms with Gasteiger partial charge in [0, 0.05) is 29.5 Å². The number of aromatic nitrogens is 2. The summed E-state index contributed by atoms with van der Waals surface area (Å²) < 4.78 is 30.0. The van der Waals surface area contributed by atoms with Crippen LogP contribution < -0.4 is 10.0 Å². The van der Waals surface area contributed by atoms with Crippen LogP contribution in [0, 0.1) is 0 Å². The van der Waals surface area contributed by atoms with Crippen molar-refractivity contribution in [1.82, 2.24) is 14.1 Å². The molecule has 0 saturated heterocycles. The summed E-state index contributed by atoms with van der Waals surface area (Å²) in [4.78, 5) is 15.5. The molecule has 0 fully saturated rings. The maximum atomic E-state index is 12.4. The zero-order valence-electron chi connectivity index (χ0n) is 13.2. The molecule has 0 bridgehead atoms. The van der Waals surface area contributed by atoms with Crippen LogP contribution in [-0.4, -0.2) is 23.7 Å². The number of sulfonamides is 1. The van der Waals surface area contributed by atoms with Gasteiger partial charge in [0.25, 0.3) is 0 Å². The second-order valence-corrected chi connectivity index (χ2v) is 8.06. The number of halogens is 1. The Morgan fingerprint density at radius 1 is 1.16 bits per heavy atom. The van der Waals surface area contributed by atoms with Gasteiger partial charge in [0.1, 0.15) is 5.65 Å². The highest BCUT2D eigenvalue weighted by Crippen LogP contribution is 2.15. The van der Waals surface area contributed by atoms with Gasteiger partial charge >= 0.3 is 0 Å². The van der Waals surface area contributed by atoms with Crippen molar-refractivity contribution in [2.75, 3.05) is 5.32 Å². The molecule has 0 saturated carbocycles. The van der Waals surface area contributed by atoms with Gasteiger partial charge in [-0.3, -0.25) is 4.79 Å². The van der Waals surface area contributed by atoms with E-state index in [9.17, 15) is 13.2 Å². The number of nitrogens with one attached hydrogen (secondary N) is 2. The molecule has 0 aliphatic carbocycles. The van der Waals surface area contributed by atoms with Gasteiger partial charge in [0.05, 0.1) is 17.1 Å². The predicted molar refractivity (Wildman–Crippen MR) is 97.7 cm³/mol. The van der Waals surface area contributed by atoms with E-state index in [-0.39, 0.29) is 17.3 Å². The average Bonchev–Trinajstić information content (AvgIpc) is 2.95. The fraction of sp³-hybridized carbons (Fsp3) is 0.125. The van der Waals surface area contributed by atoms with Gasteiger partial charge in [-0.05, 0) is 52.3 Å². The van der Waals surface area contributed by atoms with Crippen molar-refractivity contribution in [2.24, 2.45) is 0 Å². The first kappa shape index (κ1) is 17.6. The zero-order chi connectivity index (χ0) is 18.0. The first-order valence-electron chi connectivity index (χ1n) is 7.34. The minimum atomic E-state index is -3.67. The largest absolute Gasteiger partial charge is 0.326 e. The molecule has 3 rings (SSSR count). The first-order chi connectivity index (χ1) is 11.8. The van der Waals surface area contributed by atoms with Gasteiger partial charge in [-0.1, -0.05) is 0 Å².